The number of likely N-dealkylation sites (tertiary alicyclic amines) is 1. The first-order valence-electron chi connectivity index (χ1n) is 10.6. The number of aryl methyl sites for hydroxylation is 2. The smallest absolute Gasteiger partial charge is 0.223 e. The molecule has 0 bridgehead atoms. The van der Waals surface area contributed by atoms with Crippen molar-refractivity contribution in [2.45, 2.75) is 44.9 Å². The molecule has 1 fully saturated rings. The molecule has 0 spiro atoms. The molecule has 1 saturated heterocycles. The predicted molar refractivity (Wildman–Crippen MR) is 112 cm³/mol. The summed E-state index contributed by atoms with van der Waals surface area (Å²) in [6, 6.07) is 15.3. The maximum absolute atomic E-state index is 12.6. The molecule has 4 nitrogen and oxygen atoms in total. The first-order valence-corrected chi connectivity index (χ1v) is 10.6. The molecule has 2 aliphatic rings. The molecule has 0 radical (unpaired) electrons. The number of benzene rings is 2. The summed E-state index contributed by atoms with van der Waals surface area (Å²) in [5, 5.41) is 0. The van der Waals surface area contributed by atoms with Crippen LogP contribution in [-0.4, -0.2) is 35.5 Å². The van der Waals surface area contributed by atoms with Crippen molar-refractivity contribution in [2.24, 2.45) is 5.92 Å². The predicted octanol–water partition coefficient (Wildman–Crippen LogP) is 4.26. The Bertz CT molecular complexity index is 911. The lowest BCUT2D eigenvalue weighted by Gasteiger charge is -2.31. The normalized spacial score (nSPS) is 16.5. The van der Waals surface area contributed by atoms with Gasteiger partial charge in [-0.3, -0.25) is 14.4 Å². The Hall–Kier alpha value is -2.75. The summed E-state index contributed by atoms with van der Waals surface area (Å²) >= 11 is 0. The fourth-order valence-electron chi connectivity index (χ4n) is 4.50. The number of nitrogens with zero attached hydrogens (tertiary/aromatic N) is 1. The molecule has 4 heteroatoms. The zero-order chi connectivity index (χ0) is 20.2. The average Bonchev–Trinajstić information content (AvgIpc) is 3.25. The SMILES string of the molecule is O=C(CCC(=O)N1CCC(C(=O)c2ccccc2)CC1)c1ccc2c(c1)CCC2. The molecule has 1 amide bonds. The molecule has 150 valence electrons. The highest BCUT2D eigenvalue weighted by Gasteiger charge is 2.28. The third-order valence-electron chi connectivity index (χ3n) is 6.26. The Balaban J connectivity index is 1.26. The van der Waals surface area contributed by atoms with Crippen LogP contribution in [0.4, 0.5) is 0 Å². The fourth-order valence-corrected chi connectivity index (χ4v) is 4.50. The number of Topliss-reactive ketones (excluding diaryl/α,β-unsaturated/α-hetero) is 2. The third kappa shape index (κ3) is 4.47. The van der Waals surface area contributed by atoms with Crippen LogP contribution in [0.1, 0.15) is 63.9 Å². The summed E-state index contributed by atoms with van der Waals surface area (Å²) < 4.78 is 0. The second-order valence-electron chi connectivity index (χ2n) is 8.15. The van der Waals surface area contributed by atoms with E-state index in [1.165, 1.54) is 11.1 Å². The summed E-state index contributed by atoms with van der Waals surface area (Å²) in [5.41, 5.74) is 4.11. The van der Waals surface area contributed by atoms with Gasteiger partial charge in [-0.25, -0.2) is 0 Å². The van der Waals surface area contributed by atoms with Crippen LogP contribution in [-0.2, 0) is 17.6 Å². The molecule has 1 aliphatic heterocycles. The van der Waals surface area contributed by atoms with E-state index in [0.717, 1.165) is 30.4 Å². The number of hydrogen-bond donors (Lipinski definition) is 0. The van der Waals surface area contributed by atoms with Crippen LogP contribution in [0.5, 0.6) is 0 Å². The number of carbonyl (C=O) groups excluding carboxylic acids is 3. The molecular formula is C25H27NO3. The number of piperidine rings is 1. The van der Waals surface area contributed by atoms with Gasteiger partial charge in [0.1, 0.15) is 0 Å². The number of ketones is 2. The highest BCUT2D eigenvalue weighted by Crippen LogP contribution is 2.25. The van der Waals surface area contributed by atoms with E-state index in [1.807, 2.05) is 47.4 Å². The largest absolute Gasteiger partial charge is 0.343 e. The Kier molecular flexibility index (Phi) is 5.89. The molecule has 0 atom stereocenters. The van der Waals surface area contributed by atoms with E-state index in [4.69, 9.17) is 0 Å². The van der Waals surface area contributed by atoms with Crippen molar-refractivity contribution in [3.63, 3.8) is 0 Å². The van der Waals surface area contributed by atoms with E-state index in [2.05, 4.69) is 6.07 Å². The molecule has 29 heavy (non-hydrogen) atoms. The van der Waals surface area contributed by atoms with Crippen LogP contribution >= 0.6 is 0 Å². The van der Waals surface area contributed by atoms with Gasteiger partial charge in [-0.05, 0) is 49.3 Å². The lowest BCUT2D eigenvalue weighted by atomic mass is 9.88. The Morgan fingerprint density at radius 3 is 2.31 bits per heavy atom. The minimum atomic E-state index is -0.0190. The molecule has 0 aromatic heterocycles. The summed E-state index contributed by atoms with van der Waals surface area (Å²) in [6.45, 7) is 1.18. The van der Waals surface area contributed by atoms with Crippen molar-refractivity contribution in [1.29, 1.82) is 0 Å². The molecule has 1 heterocycles. The topological polar surface area (TPSA) is 54.5 Å². The minimum absolute atomic E-state index is 0.0186. The molecule has 0 unspecified atom stereocenters. The van der Waals surface area contributed by atoms with E-state index >= 15 is 0 Å². The van der Waals surface area contributed by atoms with Crippen LogP contribution < -0.4 is 0 Å². The highest BCUT2D eigenvalue weighted by molar-refractivity contribution is 5.99. The molecule has 0 N–H and O–H groups in total. The first-order chi connectivity index (χ1) is 14.1. The van der Waals surface area contributed by atoms with Crippen molar-refractivity contribution in [2.75, 3.05) is 13.1 Å². The zero-order valence-corrected chi connectivity index (χ0v) is 16.7. The quantitative estimate of drug-likeness (QED) is 0.694. The zero-order valence-electron chi connectivity index (χ0n) is 16.7. The van der Waals surface area contributed by atoms with Crippen molar-refractivity contribution in [3.05, 3.63) is 70.8 Å². The summed E-state index contributed by atoms with van der Waals surface area (Å²) in [6.07, 6.45) is 5.19. The van der Waals surface area contributed by atoms with Crippen LogP contribution in [0.2, 0.25) is 0 Å². The summed E-state index contributed by atoms with van der Waals surface area (Å²) in [5.74, 6) is 0.214. The van der Waals surface area contributed by atoms with Gasteiger partial charge in [-0.2, -0.15) is 0 Å². The number of rotatable bonds is 6. The van der Waals surface area contributed by atoms with Gasteiger partial charge < -0.3 is 4.90 Å². The maximum Gasteiger partial charge on any atom is 0.223 e. The standard InChI is InChI=1S/C25H27NO3/c27-23(22-10-9-18-7-4-8-21(18)17-22)11-12-24(28)26-15-13-20(14-16-26)25(29)19-5-2-1-3-6-19/h1-3,5-6,9-10,17,20H,4,7-8,11-16H2. The lowest BCUT2D eigenvalue weighted by molar-refractivity contribution is -0.132. The van der Waals surface area contributed by atoms with Gasteiger partial charge in [-0.15, -0.1) is 0 Å². The third-order valence-corrected chi connectivity index (χ3v) is 6.26. The monoisotopic (exact) mass is 389 g/mol. The molecule has 2 aromatic rings. The minimum Gasteiger partial charge on any atom is -0.343 e. The Morgan fingerprint density at radius 2 is 1.55 bits per heavy atom. The average molecular weight is 389 g/mol. The van der Waals surface area contributed by atoms with Gasteiger partial charge in [0.15, 0.2) is 11.6 Å². The van der Waals surface area contributed by atoms with E-state index in [-0.39, 0.29) is 36.2 Å². The van der Waals surface area contributed by atoms with Gasteiger partial charge in [0.05, 0.1) is 0 Å². The molecular weight excluding hydrogens is 362 g/mol. The van der Waals surface area contributed by atoms with Gasteiger partial charge >= 0.3 is 0 Å². The highest BCUT2D eigenvalue weighted by atomic mass is 16.2. The van der Waals surface area contributed by atoms with Crippen LogP contribution in [0.3, 0.4) is 0 Å². The van der Waals surface area contributed by atoms with Gasteiger partial charge in [0, 0.05) is 43.0 Å². The Labute approximate surface area is 171 Å². The molecule has 2 aromatic carbocycles. The molecule has 1 aliphatic carbocycles. The second kappa shape index (κ2) is 8.73. The second-order valence-corrected chi connectivity index (χ2v) is 8.15. The number of fused-ring (bicyclic) bond motifs is 1. The number of hydrogen-bond acceptors (Lipinski definition) is 3. The van der Waals surface area contributed by atoms with Crippen LogP contribution in [0, 0.1) is 5.92 Å². The summed E-state index contributed by atoms with van der Waals surface area (Å²) in [4.78, 5) is 39.5. The van der Waals surface area contributed by atoms with Gasteiger partial charge in [0.25, 0.3) is 0 Å². The molecule has 4 rings (SSSR count). The first kappa shape index (κ1) is 19.6. The van der Waals surface area contributed by atoms with E-state index in [9.17, 15) is 14.4 Å². The van der Waals surface area contributed by atoms with E-state index in [0.29, 0.717) is 25.9 Å². The van der Waals surface area contributed by atoms with E-state index in [1.54, 1.807) is 0 Å². The van der Waals surface area contributed by atoms with Gasteiger partial charge in [-0.1, -0.05) is 42.5 Å². The summed E-state index contributed by atoms with van der Waals surface area (Å²) in [7, 11) is 0. The van der Waals surface area contributed by atoms with E-state index < -0.39 is 0 Å². The lowest BCUT2D eigenvalue weighted by Crippen LogP contribution is -2.40. The van der Waals surface area contributed by atoms with Crippen molar-refractivity contribution >= 4 is 17.5 Å². The maximum atomic E-state index is 12.6. The Morgan fingerprint density at radius 1 is 0.828 bits per heavy atom. The fraction of sp³-hybridized carbons (Fsp3) is 0.400. The number of carbonyl (C=O) groups is 3. The van der Waals surface area contributed by atoms with Crippen molar-refractivity contribution in [1.82, 2.24) is 4.90 Å². The van der Waals surface area contributed by atoms with Crippen molar-refractivity contribution < 1.29 is 14.4 Å². The number of amides is 1. The van der Waals surface area contributed by atoms with Crippen LogP contribution in [0.25, 0.3) is 0 Å². The van der Waals surface area contributed by atoms with Crippen molar-refractivity contribution in [3.8, 4) is 0 Å². The van der Waals surface area contributed by atoms with Crippen LogP contribution in [0.15, 0.2) is 48.5 Å². The van der Waals surface area contributed by atoms with Gasteiger partial charge in [0.2, 0.25) is 5.91 Å². The molecule has 0 saturated carbocycles.